The van der Waals surface area contributed by atoms with E-state index in [9.17, 15) is 0 Å². The number of rotatable bonds is 4. The average molecular weight is 179 g/mol. The smallest absolute Gasteiger partial charge is 0.170 e. The first-order chi connectivity index (χ1) is 6.31. The fourth-order valence-corrected chi connectivity index (χ4v) is 1.46. The molecule has 0 unspecified atom stereocenters. The third-order valence-corrected chi connectivity index (χ3v) is 2.37. The lowest BCUT2D eigenvalue weighted by Gasteiger charge is -2.19. The summed E-state index contributed by atoms with van der Waals surface area (Å²) < 4.78 is 2.17. The van der Waals surface area contributed by atoms with Crippen molar-refractivity contribution in [3.05, 3.63) is 24.5 Å². The molecule has 0 aliphatic carbocycles. The predicted octanol–water partition coefficient (Wildman–Crippen LogP) is 1.84. The second kappa shape index (κ2) is 4.85. The largest absolute Gasteiger partial charge is 0.372 e. The molecule has 0 atom stereocenters. The van der Waals surface area contributed by atoms with Crippen LogP contribution in [0.1, 0.15) is 20.8 Å². The van der Waals surface area contributed by atoms with E-state index < -0.39 is 0 Å². The zero-order valence-electron chi connectivity index (χ0n) is 8.83. The standard InChI is InChI=1S/C11H19N2/c1-4-12-9-7-11(8-10-12)13(5-2)6-3/h7-10H,4-6H2,1-3H3/q+1. The summed E-state index contributed by atoms with van der Waals surface area (Å²) in [4.78, 5) is 2.35. The van der Waals surface area contributed by atoms with Crippen molar-refractivity contribution in [2.45, 2.75) is 27.3 Å². The first-order valence-corrected chi connectivity index (χ1v) is 5.05. The van der Waals surface area contributed by atoms with Crippen molar-refractivity contribution >= 4 is 5.69 Å². The molecular weight excluding hydrogens is 160 g/mol. The molecule has 0 aliphatic heterocycles. The molecule has 0 N–H and O–H groups in total. The quantitative estimate of drug-likeness (QED) is 0.640. The lowest BCUT2D eigenvalue weighted by molar-refractivity contribution is -0.693. The Hall–Kier alpha value is -1.05. The van der Waals surface area contributed by atoms with Crippen LogP contribution in [-0.4, -0.2) is 13.1 Å². The number of pyridine rings is 1. The van der Waals surface area contributed by atoms with Crippen LogP contribution in [-0.2, 0) is 6.54 Å². The normalized spacial score (nSPS) is 10.1. The molecule has 1 heterocycles. The maximum atomic E-state index is 2.35. The third-order valence-electron chi connectivity index (χ3n) is 2.37. The molecule has 0 amide bonds. The van der Waals surface area contributed by atoms with Gasteiger partial charge in [0.05, 0.1) is 0 Å². The van der Waals surface area contributed by atoms with E-state index in [1.165, 1.54) is 5.69 Å². The molecule has 0 bridgehead atoms. The van der Waals surface area contributed by atoms with E-state index >= 15 is 0 Å². The van der Waals surface area contributed by atoms with Gasteiger partial charge in [0.15, 0.2) is 12.4 Å². The van der Waals surface area contributed by atoms with Crippen molar-refractivity contribution in [2.24, 2.45) is 0 Å². The van der Waals surface area contributed by atoms with Gasteiger partial charge < -0.3 is 4.90 Å². The average Bonchev–Trinajstić information content (AvgIpc) is 2.21. The minimum absolute atomic E-state index is 1.04. The van der Waals surface area contributed by atoms with Crippen LogP contribution in [0.25, 0.3) is 0 Å². The number of hydrogen-bond acceptors (Lipinski definition) is 1. The maximum Gasteiger partial charge on any atom is 0.170 e. The molecule has 72 valence electrons. The SMILES string of the molecule is CCN(CC)c1cc[n+](CC)cc1. The summed E-state index contributed by atoms with van der Waals surface area (Å²) in [6.45, 7) is 9.71. The minimum atomic E-state index is 1.04. The molecule has 1 aromatic rings. The van der Waals surface area contributed by atoms with E-state index in [1.54, 1.807) is 0 Å². The van der Waals surface area contributed by atoms with Crippen LogP contribution in [0.3, 0.4) is 0 Å². The maximum absolute atomic E-state index is 2.35. The summed E-state index contributed by atoms with van der Waals surface area (Å²) in [5.74, 6) is 0. The van der Waals surface area contributed by atoms with Gasteiger partial charge in [-0.15, -0.1) is 0 Å². The zero-order valence-corrected chi connectivity index (χ0v) is 8.83. The van der Waals surface area contributed by atoms with Gasteiger partial charge in [0.2, 0.25) is 0 Å². The molecule has 1 rings (SSSR count). The van der Waals surface area contributed by atoms with E-state index in [2.05, 4.69) is 54.8 Å². The first-order valence-electron chi connectivity index (χ1n) is 5.05. The molecule has 13 heavy (non-hydrogen) atoms. The Morgan fingerprint density at radius 1 is 1.08 bits per heavy atom. The van der Waals surface area contributed by atoms with Gasteiger partial charge >= 0.3 is 0 Å². The van der Waals surface area contributed by atoms with Gasteiger partial charge in [-0.25, -0.2) is 4.57 Å². The molecule has 0 spiro atoms. The van der Waals surface area contributed by atoms with Gasteiger partial charge in [0.25, 0.3) is 0 Å². The van der Waals surface area contributed by atoms with Gasteiger partial charge in [-0.1, -0.05) is 0 Å². The predicted molar refractivity (Wildman–Crippen MR) is 55.9 cm³/mol. The molecule has 2 nitrogen and oxygen atoms in total. The van der Waals surface area contributed by atoms with Crippen molar-refractivity contribution in [3.8, 4) is 0 Å². The van der Waals surface area contributed by atoms with Crippen molar-refractivity contribution in [2.75, 3.05) is 18.0 Å². The molecule has 0 aliphatic rings. The Bertz CT molecular complexity index is 237. The van der Waals surface area contributed by atoms with Gasteiger partial charge in [0.1, 0.15) is 6.54 Å². The highest BCUT2D eigenvalue weighted by Crippen LogP contribution is 2.09. The molecule has 0 radical (unpaired) electrons. The Morgan fingerprint density at radius 2 is 1.62 bits per heavy atom. The number of nitrogens with zero attached hydrogens (tertiary/aromatic N) is 2. The van der Waals surface area contributed by atoms with E-state index in [0.717, 1.165) is 19.6 Å². The topological polar surface area (TPSA) is 7.12 Å². The Labute approximate surface area is 80.8 Å². The molecule has 1 aromatic heterocycles. The molecule has 0 fully saturated rings. The van der Waals surface area contributed by atoms with E-state index in [-0.39, 0.29) is 0 Å². The summed E-state index contributed by atoms with van der Waals surface area (Å²) in [6, 6.07) is 4.35. The summed E-state index contributed by atoms with van der Waals surface area (Å²) in [5.41, 5.74) is 1.31. The van der Waals surface area contributed by atoms with Crippen LogP contribution in [0, 0.1) is 0 Å². The van der Waals surface area contributed by atoms with Crippen molar-refractivity contribution < 1.29 is 4.57 Å². The summed E-state index contributed by atoms with van der Waals surface area (Å²) in [5, 5.41) is 0. The van der Waals surface area contributed by atoms with Crippen molar-refractivity contribution in [3.63, 3.8) is 0 Å². The number of aryl methyl sites for hydroxylation is 1. The van der Waals surface area contributed by atoms with Gasteiger partial charge in [0, 0.05) is 30.9 Å². The molecule has 0 saturated heterocycles. The van der Waals surface area contributed by atoms with E-state index in [4.69, 9.17) is 0 Å². The second-order valence-electron chi connectivity index (χ2n) is 3.06. The van der Waals surface area contributed by atoms with Gasteiger partial charge in [-0.2, -0.15) is 0 Å². The molecule has 2 heteroatoms. The summed E-state index contributed by atoms with van der Waals surface area (Å²) in [6.07, 6.45) is 4.27. The van der Waals surface area contributed by atoms with E-state index in [1.807, 2.05) is 0 Å². The van der Waals surface area contributed by atoms with Crippen molar-refractivity contribution in [1.82, 2.24) is 0 Å². The second-order valence-corrected chi connectivity index (χ2v) is 3.06. The third kappa shape index (κ3) is 2.44. The highest BCUT2D eigenvalue weighted by atomic mass is 15.1. The Balaban J connectivity index is 2.78. The van der Waals surface area contributed by atoms with Crippen LogP contribution in [0.2, 0.25) is 0 Å². The highest BCUT2D eigenvalue weighted by molar-refractivity contribution is 5.43. The Morgan fingerprint density at radius 3 is 2.00 bits per heavy atom. The lowest BCUT2D eigenvalue weighted by atomic mass is 10.3. The first kappa shape index (κ1) is 10.0. The van der Waals surface area contributed by atoms with Crippen LogP contribution >= 0.6 is 0 Å². The van der Waals surface area contributed by atoms with Crippen LogP contribution in [0.15, 0.2) is 24.5 Å². The lowest BCUT2D eigenvalue weighted by Crippen LogP contribution is -2.31. The minimum Gasteiger partial charge on any atom is -0.372 e. The van der Waals surface area contributed by atoms with E-state index in [0.29, 0.717) is 0 Å². The monoisotopic (exact) mass is 179 g/mol. The molecular formula is C11H19N2+. The fourth-order valence-electron chi connectivity index (χ4n) is 1.46. The summed E-state index contributed by atoms with van der Waals surface area (Å²) >= 11 is 0. The van der Waals surface area contributed by atoms with Crippen LogP contribution < -0.4 is 9.47 Å². The zero-order chi connectivity index (χ0) is 9.68. The number of anilines is 1. The van der Waals surface area contributed by atoms with Crippen molar-refractivity contribution in [1.29, 1.82) is 0 Å². The fraction of sp³-hybridized carbons (Fsp3) is 0.545. The molecule has 0 saturated carbocycles. The van der Waals surface area contributed by atoms with Gasteiger partial charge in [-0.05, 0) is 20.8 Å². The number of hydrogen-bond donors (Lipinski definition) is 0. The molecule has 0 aromatic carbocycles. The summed E-state index contributed by atoms with van der Waals surface area (Å²) in [7, 11) is 0. The van der Waals surface area contributed by atoms with Gasteiger partial charge in [-0.3, -0.25) is 0 Å². The number of aromatic nitrogens is 1. The van der Waals surface area contributed by atoms with Crippen LogP contribution in [0.4, 0.5) is 5.69 Å². The van der Waals surface area contributed by atoms with Crippen LogP contribution in [0.5, 0.6) is 0 Å². The highest BCUT2D eigenvalue weighted by Gasteiger charge is 2.02. The Kier molecular flexibility index (Phi) is 3.74.